The molecule has 0 amide bonds. The molecule has 1 heteroatoms. The highest BCUT2D eigenvalue weighted by Crippen LogP contribution is 2.15. The van der Waals surface area contributed by atoms with Crippen LogP contribution in [0.5, 0.6) is 0 Å². The van der Waals surface area contributed by atoms with Crippen molar-refractivity contribution in [2.45, 2.75) is 25.7 Å². The summed E-state index contributed by atoms with van der Waals surface area (Å²) in [6, 6.07) is 20.3. The van der Waals surface area contributed by atoms with Gasteiger partial charge in [0, 0.05) is 11.4 Å². The summed E-state index contributed by atoms with van der Waals surface area (Å²) in [5.74, 6) is 0. The average molecular weight is 225 g/mol. The van der Waals surface area contributed by atoms with E-state index in [9.17, 15) is 0 Å². The third-order valence-electron chi connectivity index (χ3n) is 2.84. The van der Waals surface area contributed by atoms with E-state index in [4.69, 9.17) is 0 Å². The zero-order chi connectivity index (χ0) is 11.8. The van der Waals surface area contributed by atoms with E-state index in [1.165, 1.54) is 25.7 Å². The molecule has 1 N–H and O–H groups in total. The molecular weight excluding hydrogens is 206 g/mol. The van der Waals surface area contributed by atoms with E-state index >= 15 is 0 Å². The Morgan fingerprint density at radius 2 is 0.882 bits per heavy atom. The van der Waals surface area contributed by atoms with E-state index < -0.39 is 0 Å². The van der Waals surface area contributed by atoms with Crippen LogP contribution < -0.4 is 5.32 Å². The molecule has 0 saturated heterocycles. The number of anilines is 2. The molecule has 0 bridgehead atoms. The fourth-order valence-electron chi connectivity index (χ4n) is 1.46. The minimum absolute atomic E-state index is 1.12. The van der Waals surface area contributed by atoms with Crippen molar-refractivity contribution in [3.05, 3.63) is 60.7 Å². The van der Waals surface area contributed by atoms with Gasteiger partial charge < -0.3 is 5.32 Å². The third-order valence-corrected chi connectivity index (χ3v) is 2.84. The van der Waals surface area contributed by atoms with Crippen LogP contribution in [0.2, 0.25) is 0 Å². The number of rotatable bonds is 2. The van der Waals surface area contributed by atoms with Crippen LogP contribution in [0.3, 0.4) is 0 Å². The molecule has 0 spiro atoms. The topological polar surface area (TPSA) is 12.0 Å². The number of hydrogen-bond donors (Lipinski definition) is 1. The first-order valence-corrected chi connectivity index (χ1v) is 6.32. The SMILES string of the molecule is C1CCC1.c1ccc(Nc2ccccc2)cc1. The molecule has 0 heterocycles. The van der Waals surface area contributed by atoms with Gasteiger partial charge in [0.2, 0.25) is 0 Å². The lowest BCUT2D eigenvalue weighted by molar-refractivity contribution is 0.504. The van der Waals surface area contributed by atoms with E-state index in [1.807, 2.05) is 60.7 Å². The predicted molar refractivity (Wildman–Crippen MR) is 74.6 cm³/mol. The van der Waals surface area contributed by atoms with Gasteiger partial charge in [-0.15, -0.1) is 0 Å². The normalized spacial score (nSPS) is 12.9. The lowest BCUT2D eigenvalue weighted by Crippen LogP contribution is -1.87. The van der Waals surface area contributed by atoms with Gasteiger partial charge in [-0.1, -0.05) is 62.1 Å². The van der Waals surface area contributed by atoms with Gasteiger partial charge in [-0.05, 0) is 24.3 Å². The maximum absolute atomic E-state index is 3.30. The molecule has 2 aromatic rings. The van der Waals surface area contributed by atoms with Crippen molar-refractivity contribution in [3.63, 3.8) is 0 Å². The monoisotopic (exact) mass is 225 g/mol. The first-order valence-electron chi connectivity index (χ1n) is 6.32. The summed E-state index contributed by atoms with van der Waals surface area (Å²) in [6.07, 6.45) is 6.00. The standard InChI is InChI=1S/C12H11N.C4H8/c1-3-7-11(8-4-1)13-12-9-5-2-6-10-12;1-2-4-3-1/h1-10,13H;1-4H2. The quantitative estimate of drug-likeness (QED) is 0.759. The summed E-state index contributed by atoms with van der Waals surface area (Å²) >= 11 is 0. The second kappa shape index (κ2) is 6.74. The third kappa shape index (κ3) is 4.31. The van der Waals surface area contributed by atoms with Crippen LogP contribution in [0.25, 0.3) is 0 Å². The largest absolute Gasteiger partial charge is 0.356 e. The van der Waals surface area contributed by atoms with E-state index in [0.717, 1.165) is 11.4 Å². The van der Waals surface area contributed by atoms with Gasteiger partial charge in [0.25, 0.3) is 0 Å². The molecule has 1 nitrogen and oxygen atoms in total. The lowest BCUT2D eigenvalue weighted by atomic mass is 10.0. The number of nitrogens with one attached hydrogen (secondary N) is 1. The predicted octanol–water partition coefficient (Wildman–Crippen LogP) is 4.99. The van der Waals surface area contributed by atoms with Gasteiger partial charge in [0.05, 0.1) is 0 Å². The van der Waals surface area contributed by atoms with Crippen LogP contribution in [-0.2, 0) is 0 Å². The number of hydrogen-bond acceptors (Lipinski definition) is 1. The summed E-state index contributed by atoms with van der Waals surface area (Å²) in [4.78, 5) is 0. The first-order chi connectivity index (χ1) is 8.45. The Hall–Kier alpha value is -1.76. The summed E-state index contributed by atoms with van der Waals surface area (Å²) < 4.78 is 0. The highest BCUT2D eigenvalue weighted by molar-refractivity contribution is 5.58. The van der Waals surface area contributed by atoms with Crippen LogP contribution in [0, 0.1) is 0 Å². The molecule has 0 atom stereocenters. The van der Waals surface area contributed by atoms with Crippen molar-refractivity contribution in [1.29, 1.82) is 0 Å². The van der Waals surface area contributed by atoms with Crippen molar-refractivity contribution in [1.82, 2.24) is 0 Å². The zero-order valence-corrected chi connectivity index (χ0v) is 10.1. The van der Waals surface area contributed by atoms with Gasteiger partial charge in [0.15, 0.2) is 0 Å². The molecule has 0 radical (unpaired) electrons. The van der Waals surface area contributed by atoms with E-state index in [1.54, 1.807) is 0 Å². The Labute approximate surface area is 103 Å². The molecule has 3 rings (SSSR count). The molecule has 0 unspecified atom stereocenters. The summed E-state index contributed by atoms with van der Waals surface area (Å²) in [7, 11) is 0. The second-order valence-electron chi connectivity index (χ2n) is 4.27. The fraction of sp³-hybridized carbons (Fsp3) is 0.250. The highest BCUT2D eigenvalue weighted by atomic mass is 14.9. The van der Waals surface area contributed by atoms with E-state index in [2.05, 4.69) is 5.32 Å². The molecule has 88 valence electrons. The van der Waals surface area contributed by atoms with Crippen LogP contribution >= 0.6 is 0 Å². The molecule has 2 aromatic carbocycles. The number of para-hydroxylation sites is 2. The van der Waals surface area contributed by atoms with Crippen LogP contribution in [0.15, 0.2) is 60.7 Å². The summed E-state index contributed by atoms with van der Waals surface area (Å²) in [5, 5.41) is 3.30. The van der Waals surface area contributed by atoms with Gasteiger partial charge in [-0.25, -0.2) is 0 Å². The van der Waals surface area contributed by atoms with E-state index in [-0.39, 0.29) is 0 Å². The molecule has 1 saturated carbocycles. The Morgan fingerprint density at radius 3 is 1.18 bits per heavy atom. The minimum Gasteiger partial charge on any atom is -0.356 e. The van der Waals surface area contributed by atoms with E-state index in [0.29, 0.717) is 0 Å². The number of benzene rings is 2. The Bertz CT molecular complexity index is 363. The average Bonchev–Trinajstić information content (AvgIpc) is 2.29. The Balaban J connectivity index is 0.000000228. The maximum Gasteiger partial charge on any atom is 0.0384 e. The van der Waals surface area contributed by atoms with Gasteiger partial charge in [-0.2, -0.15) is 0 Å². The molecule has 1 aliphatic carbocycles. The Kier molecular flexibility index (Phi) is 4.65. The summed E-state index contributed by atoms with van der Waals surface area (Å²) in [6.45, 7) is 0. The maximum atomic E-state index is 3.30. The van der Waals surface area contributed by atoms with Crippen molar-refractivity contribution in [3.8, 4) is 0 Å². The Morgan fingerprint density at radius 1 is 0.529 bits per heavy atom. The summed E-state index contributed by atoms with van der Waals surface area (Å²) in [5.41, 5.74) is 2.24. The van der Waals surface area contributed by atoms with Crippen molar-refractivity contribution >= 4 is 11.4 Å². The van der Waals surface area contributed by atoms with Crippen LogP contribution in [-0.4, -0.2) is 0 Å². The van der Waals surface area contributed by atoms with Crippen molar-refractivity contribution in [2.24, 2.45) is 0 Å². The van der Waals surface area contributed by atoms with Crippen molar-refractivity contribution < 1.29 is 0 Å². The van der Waals surface area contributed by atoms with Crippen molar-refractivity contribution in [2.75, 3.05) is 5.32 Å². The molecule has 1 aliphatic rings. The highest BCUT2D eigenvalue weighted by Gasteiger charge is 1.95. The van der Waals surface area contributed by atoms with Crippen LogP contribution in [0.1, 0.15) is 25.7 Å². The van der Waals surface area contributed by atoms with Crippen LogP contribution in [0.4, 0.5) is 11.4 Å². The molecule has 1 fully saturated rings. The zero-order valence-electron chi connectivity index (χ0n) is 10.1. The van der Waals surface area contributed by atoms with Gasteiger partial charge in [-0.3, -0.25) is 0 Å². The molecule has 0 aromatic heterocycles. The smallest absolute Gasteiger partial charge is 0.0384 e. The van der Waals surface area contributed by atoms with Gasteiger partial charge >= 0.3 is 0 Å². The second-order valence-corrected chi connectivity index (χ2v) is 4.27. The lowest BCUT2D eigenvalue weighted by Gasteiger charge is -2.05. The van der Waals surface area contributed by atoms with Gasteiger partial charge in [0.1, 0.15) is 0 Å². The minimum atomic E-state index is 1.12. The molecular formula is C16H19N. The molecule has 0 aliphatic heterocycles. The fourth-order valence-corrected chi connectivity index (χ4v) is 1.46. The first kappa shape index (κ1) is 11.7. The molecule has 17 heavy (non-hydrogen) atoms.